The average molecular weight is 205 g/mol. The third-order valence-electron chi connectivity index (χ3n) is 3.01. The summed E-state index contributed by atoms with van der Waals surface area (Å²) in [5.74, 6) is 2.40. The molecule has 2 heteroatoms. The Bertz CT molecular complexity index is 307. The fourth-order valence-electron chi connectivity index (χ4n) is 1.95. The van der Waals surface area contributed by atoms with E-state index in [0.29, 0.717) is 11.8 Å². The minimum atomic E-state index is 0.704. The Hall–Kier alpha value is -1.02. The molecule has 2 rings (SSSR count). The Kier molecular flexibility index (Phi) is 3.27. The molecule has 82 valence electrons. The van der Waals surface area contributed by atoms with E-state index in [1.54, 1.807) is 0 Å². The molecule has 0 bridgehead atoms. The van der Waals surface area contributed by atoms with Crippen LogP contribution < -0.4 is 10.5 Å². The molecule has 2 nitrogen and oxygen atoms in total. The van der Waals surface area contributed by atoms with Crippen molar-refractivity contribution in [2.45, 2.75) is 25.7 Å². The van der Waals surface area contributed by atoms with Gasteiger partial charge in [0.15, 0.2) is 0 Å². The second-order valence-electron chi connectivity index (χ2n) is 4.26. The summed E-state index contributed by atoms with van der Waals surface area (Å²) in [4.78, 5) is 0. The van der Waals surface area contributed by atoms with Crippen LogP contribution in [0.1, 0.15) is 31.2 Å². The maximum atomic E-state index is 5.63. The minimum absolute atomic E-state index is 0.704. The first-order chi connectivity index (χ1) is 7.35. The van der Waals surface area contributed by atoms with E-state index >= 15 is 0 Å². The van der Waals surface area contributed by atoms with Gasteiger partial charge in [0.1, 0.15) is 5.75 Å². The topological polar surface area (TPSA) is 35.2 Å². The molecule has 1 aromatic carbocycles. The van der Waals surface area contributed by atoms with E-state index in [1.165, 1.54) is 12.0 Å². The third kappa shape index (κ3) is 2.51. The molecule has 0 aromatic heterocycles. The summed E-state index contributed by atoms with van der Waals surface area (Å²) in [6.07, 6.45) is 2.31. The van der Waals surface area contributed by atoms with Gasteiger partial charge in [0.2, 0.25) is 0 Å². The first kappa shape index (κ1) is 10.5. The Morgan fingerprint density at radius 1 is 1.33 bits per heavy atom. The van der Waals surface area contributed by atoms with Crippen LogP contribution in [0, 0.1) is 5.92 Å². The van der Waals surface area contributed by atoms with E-state index in [-0.39, 0.29) is 0 Å². The first-order valence-electron chi connectivity index (χ1n) is 5.78. The number of rotatable bonds is 5. The lowest BCUT2D eigenvalue weighted by molar-refractivity contribution is 0.317. The van der Waals surface area contributed by atoms with Gasteiger partial charge in [-0.3, -0.25) is 0 Å². The van der Waals surface area contributed by atoms with Crippen molar-refractivity contribution in [2.75, 3.05) is 13.2 Å². The molecule has 1 aliphatic rings. The van der Waals surface area contributed by atoms with Crippen molar-refractivity contribution >= 4 is 0 Å². The molecule has 0 aliphatic heterocycles. The van der Waals surface area contributed by atoms with E-state index in [1.807, 2.05) is 0 Å². The molecule has 0 saturated heterocycles. The lowest BCUT2D eigenvalue weighted by Gasteiger charge is -2.05. The van der Waals surface area contributed by atoms with E-state index in [9.17, 15) is 0 Å². The predicted molar refractivity (Wildman–Crippen MR) is 62.1 cm³/mol. The zero-order valence-electron chi connectivity index (χ0n) is 9.28. The molecule has 15 heavy (non-hydrogen) atoms. The zero-order valence-corrected chi connectivity index (χ0v) is 9.28. The van der Waals surface area contributed by atoms with Crippen molar-refractivity contribution in [1.29, 1.82) is 0 Å². The van der Waals surface area contributed by atoms with Crippen LogP contribution in [0.25, 0.3) is 0 Å². The molecular formula is C13H19NO. The average Bonchev–Trinajstić information content (AvgIpc) is 3.06. The Balaban J connectivity index is 1.93. The lowest BCUT2D eigenvalue weighted by atomic mass is 10.1. The molecule has 1 aliphatic carbocycles. The highest BCUT2D eigenvalue weighted by molar-refractivity contribution is 5.32. The van der Waals surface area contributed by atoms with Crippen molar-refractivity contribution in [2.24, 2.45) is 11.7 Å². The van der Waals surface area contributed by atoms with Crippen molar-refractivity contribution in [1.82, 2.24) is 0 Å². The van der Waals surface area contributed by atoms with Crippen LogP contribution >= 0.6 is 0 Å². The fourth-order valence-corrected chi connectivity index (χ4v) is 1.95. The number of ether oxygens (including phenoxy) is 1. The lowest BCUT2D eigenvalue weighted by Crippen LogP contribution is -2.02. The number of benzene rings is 1. The fraction of sp³-hybridized carbons (Fsp3) is 0.538. The van der Waals surface area contributed by atoms with Crippen molar-refractivity contribution in [3.63, 3.8) is 0 Å². The van der Waals surface area contributed by atoms with Crippen LogP contribution in [0.5, 0.6) is 5.75 Å². The number of hydrogen-bond acceptors (Lipinski definition) is 2. The molecule has 2 unspecified atom stereocenters. The second kappa shape index (κ2) is 4.67. The molecule has 2 N–H and O–H groups in total. The molecule has 1 aromatic rings. The van der Waals surface area contributed by atoms with Crippen molar-refractivity contribution < 1.29 is 4.74 Å². The molecule has 0 amide bonds. The van der Waals surface area contributed by atoms with Crippen molar-refractivity contribution in [3.8, 4) is 5.75 Å². The summed E-state index contributed by atoms with van der Waals surface area (Å²) < 4.78 is 5.54. The normalized spacial score (nSPS) is 23.9. The number of hydrogen-bond donors (Lipinski definition) is 1. The van der Waals surface area contributed by atoms with Crippen LogP contribution in [0.4, 0.5) is 0 Å². The van der Waals surface area contributed by atoms with Crippen LogP contribution in [0.3, 0.4) is 0 Å². The molecule has 0 heterocycles. The summed E-state index contributed by atoms with van der Waals surface area (Å²) in [5, 5.41) is 0. The summed E-state index contributed by atoms with van der Waals surface area (Å²) in [6, 6.07) is 8.48. The van der Waals surface area contributed by atoms with E-state index in [0.717, 1.165) is 25.3 Å². The van der Waals surface area contributed by atoms with Gasteiger partial charge in [0.25, 0.3) is 0 Å². The Morgan fingerprint density at radius 2 is 2.07 bits per heavy atom. The summed E-state index contributed by atoms with van der Waals surface area (Å²) in [7, 11) is 0. The van der Waals surface area contributed by atoms with Gasteiger partial charge in [-0.2, -0.15) is 0 Å². The predicted octanol–water partition coefficient (Wildman–Crippen LogP) is 2.54. The van der Waals surface area contributed by atoms with Gasteiger partial charge in [0.05, 0.1) is 6.61 Å². The molecule has 0 radical (unpaired) electrons. The number of nitrogens with two attached hydrogens (primary N) is 1. The highest BCUT2D eigenvalue weighted by atomic mass is 16.5. The van der Waals surface area contributed by atoms with E-state index < -0.39 is 0 Å². The van der Waals surface area contributed by atoms with Gasteiger partial charge in [-0.25, -0.2) is 0 Å². The van der Waals surface area contributed by atoms with E-state index in [4.69, 9.17) is 10.5 Å². The molecule has 1 saturated carbocycles. The highest BCUT2D eigenvalue weighted by Crippen LogP contribution is 2.46. The monoisotopic (exact) mass is 205 g/mol. The van der Waals surface area contributed by atoms with Gasteiger partial charge in [-0.05, 0) is 48.9 Å². The largest absolute Gasteiger partial charge is 0.494 e. The summed E-state index contributed by atoms with van der Waals surface area (Å²) in [6.45, 7) is 3.73. The van der Waals surface area contributed by atoms with E-state index in [2.05, 4.69) is 31.2 Å². The second-order valence-corrected chi connectivity index (χ2v) is 4.26. The van der Waals surface area contributed by atoms with Gasteiger partial charge < -0.3 is 10.5 Å². The first-order valence-corrected chi connectivity index (χ1v) is 5.78. The Labute approximate surface area is 91.4 Å². The van der Waals surface area contributed by atoms with Crippen molar-refractivity contribution in [3.05, 3.63) is 29.8 Å². The van der Waals surface area contributed by atoms with Gasteiger partial charge in [0, 0.05) is 0 Å². The van der Waals surface area contributed by atoms with Crippen LogP contribution in [0.15, 0.2) is 24.3 Å². The van der Waals surface area contributed by atoms with Gasteiger partial charge in [-0.1, -0.05) is 19.1 Å². The maximum Gasteiger partial charge on any atom is 0.119 e. The van der Waals surface area contributed by atoms with Gasteiger partial charge >= 0.3 is 0 Å². The van der Waals surface area contributed by atoms with Crippen LogP contribution in [-0.4, -0.2) is 13.2 Å². The van der Waals surface area contributed by atoms with Crippen LogP contribution in [-0.2, 0) is 0 Å². The standard InChI is InChI=1S/C13H19NO/c1-2-7-15-12-5-3-10(4-6-12)13-8-11(13)9-14/h3-6,11,13H,2,7-9,14H2,1H3. The highest BCUT2D eigenvalue weighted by Gasteiger charge is 2.36. The molecule has 0 spiro atoms. The SMILES string of the molecule is CCCOc1ccc(C2CC2CN)cc1. The maximum absolute atomic E-state index is 5.63. The smallest absolute Gasteiger partial charge is 0.119 e. The molecular weight excluding hydrogens is 186 g/mol. The molecule has 2 atom stereocenters. The Morgan fingerprint density at radius 3 is 2.60 bits per heavy atom. The minimum Gasteiger partial charge on any atom is -0.494 e. The zero-order chi connectivity index (χ0) is 10.7. The quantitative estimate of drug-likeness (QED) is 0.801. The third-order valence-corrected chi connectivity index (χ3v) is 3.01. The molecule has 1 fully saturated rings. The van der Waals surface area contributed by atoms with Gasteiger partial charge in [-0.15, -0.1) is 0 Å². The van der Waals surface area contributed by atoms with Crippen LogP contribution in [0.2, 0.25) is 0 Å². The summed E-state index contributed by atoms with van der Waals surface area (Å²) in [5.41, 5.74) is 7.04. The summed E-state index contributed by atoms with van der Waals surface area (Å²) >= 11 is 0.